The van der Waals surface area contributed by atoms with Crippen LogP contribution in [0, 0.1) is 6.07 Å². The van der Waals surface area contributed by atoms with Crippen LogP contribution in [0.3, 0.4) is 0 Å². The normalized spacial score (nSPS) is 16.4. The molecule has 197 valence electrons. The molecular formula is C29H40NO6. The van der Waals surface area contributed by atoms with Crippen LogP contribution in [0.1, 0.15) is 47.7 Å². The summed E-state index contributed by atoms with van der Waals surface area (Å²) in [6.07, 6.45) is 2.65. The highest BCUT2D eigenvalue weighted by Gasteiger charge is 2.35. The van der Waals surface area contributed by atoms with E-state index in [1.54, 1.807) is 27.4 Å². The molecule has 2 atom stereocenters. The zero-order valence-corrected chi connectivity index (χ0v) is 22.1. The molecule has 1 aliphatic heterocycles. The summed E-state index contributed by atoms with van der Waals surface area (Å²) in [6, 6.07) is 16.7. The molecule has 3 rings (SSSR count). The molecule has 7 nitrogen and oxygen atoms in total. The molecule has 1 heterocycles. The number of hydrogen-bond acceptors (Lipinski definition) is 6. The lowest BCUT2D eigenvalue weighted by molar-refractivity contribution is -0.0562. The monoisotopic (exact) mass is 498 g/mol. The van der Waals surface area contributed by atoms with Gasteiger partial charge in [0, 0.05) is 58.6 Å². The molecular weight excluding hydrogens is 458 g/mol. The van der Waals surface area contributed by atoms with Gasteiger partial charge in [0.1, 0.15) is 5.75 Å². The first-order valence-electron chi connectivity index (χ1n) is 12.7. The Labute approximate surface area is 215 Å². The first-order chi connectivity index (χ1) is 17.6. The Morgan fingerprint density at radius 3 is 2.61 bits per heavy atom. The maximum atomic E-state index is 13.2. The van der Waals surface area contributed by atoms with E-state index in [2.05, 4.69) is 12.1 Å². The predicted molar refractivity (Wildman–Crippen MR) is 139 cm³/mol. The van der Waals surface area contributed by atoms with Gasteiger partial charge in [-0.1, -0.05) is 30.3 Å². The third kappa shape index (κ3) is 7.07. The van der Waals surface area contributed by atoms with Gasteiger partial charge in [0.25, 0.3) is 5.91 Å². The molecule has 0 N–H and O–H groups in total. The molecule has 2 aromatic rings. The van der Waals surface area contributed by atoms with Crippen LogP contribution >= 0.6 is 0 Å². The topological polar surface area (TPSA) is 66.5 Å². The molecule has 0 aromatic heterocycles. The highest BCUT2D eigenvalue weighted by Crippen LogP contribution is 2.40. The average molecular weight is 499 g/mol. The minimum absolute atomic E-state index is 0.0250. The number of nitrogens with zero attached hydrogens (tertiary/aromatic N) is 1. The van der Waals surface area contributed by atoms with Crippen molar-refractivity contribution in [2.45, 2.75) is 44.3 Å². The lowest BCUT2D eigenvalue weighted by Gasteiger charge is -2.35. The summed E-state index contributed by atoms with van der Waals surface area (Å²) in [5.74, 6) is 0.848. The van der Waals surface area contributed by atoms with Gasteiger partial charge >= 0.3 is 0 Å². The molecule has 0 spiro atoms. The minimum atomic E-state index is -0.588. The molecule has 1 aliphatic rings. The quantitative estimate of drug-likeness (QED) is 0.388. The van der Waals surface area contributed by atoms with E-state index < -0.39 is 5.60 Å². The van der Waals surface area contributed by atoms with Gasteiger partial charge in [-0.15, -0.1) is 0 Å². The number of amides is 1. The smallest absolute Gasteiger partial charge is 0.254 e. The highest BCUT2D eigenvalue weighted by atomic mass is 16.5. The maximum absolute atomic E-state index is 13.2. The van der Waals surface area contributed by atoms with Gasteiger partial charge in [-0.3, -0.25) is 4.79 Å². The van der Waals surface area contributed by atoms with Crippen LogP contribution in [0.4, 0.5) is 0 Å². The van der Waals surface area contributed by atoms with Gasteiger partial charge in [-0.2, -0.15) is 0 Å². The summed E-state index contributed by atoms with van der Waals surface area (Å²) in [6.45, 7) is 5.47. The SMILES string of the molecule is CCOc1ccccc1C(CCOC)(CCC(Cc1cc[c]cc1C(=O)N1CCOCC1)OC)OC. The van der Waals surface area contributed by atoms with Gasteiger partial charge in [0.05, 0.1) is 31.5 Å². The number of carbonyl (C=O) groups excluding carboxylic acids is 1. The van der Waals surface area contributed by atoms with Gasteiger partial charge in [-0.05, 0) is 49.9 Å². The van der Waals surface area contributed by atoms with E-state index in [9.17, 15) is 4.79 Å². The number of methoxy groups -OCH3 is 3. The third-order valence-electron chi connectivity index (χ3n) is 6.91. The Morgan fingerprint density at radius 2 is 1.92 bits per heavy atom. The van der Waals surface area contributed by atoms with E-state index in [-0.39, 0.29) is 12.0 Å². The Bertz CT molecular complexity index is 945. The van der Waals surface area contributed by atoms with E-state index >= 15 is 0 Å². The fraction of sp³-hybridized carbons (Fsp3) is 0.552. The zero-order chi connectivity index (χ0) is 25.8. The molecule has 1 amide bonds. The minimum Gasteiger partial charge on any atom is -0.493 e. The number of morpholine rings is 1. The van der Waals surface area contributed by atoms with E-state index in [0.29, 0.717) is 64.3 Å². The lowest BCUT2D eigenvalue weighted by atomic mass is 9.83. The molecule has 1 saturated heterocycles. The summed E-state index contributed by atoms with van der Waals surface area (Å²) >= 11 is 0. The van der Waals surface area contributed by atoms with Crippen LogP contribution in [0.25, 0.3) is 0 Å². The van der Waals surface area contributed by atoms with Crippen molar-refractivity contribution in [1.82, 2.24) is 4.90 Å². The summed E-state index contributed by atoms with van der Waals surface area (Å²) in [4.78, 5) is 15.1. The fourth-order valence-corrected chi connectivity index (χ4v) is 4.82. The molecule has 0 aliphatic carbocycles. The van der Waals surface area contributed by atoms with Crippen molar-refractivity contribution in [2.75, 3.05) is 60.8 Å². The van der Waals surface area contributed by atoms with Gasteiger partial charge in [0.15, 0.2) is 0 Å². The fourth-order valence-electron chi connectivity index (χ4n) is 4.82. The summed E-state index contributed by atoms with van der Waals surface area (Å²) in [5, 5.41) is 0. The van der Waals surface area contributed by atoms with Crippen LogP contribution in [0.2, 0.25) is 0 Å². The van der Waals surface area contributed by atoms with Gasteiger partial charge in [0.2, 0.25) is 0 Å². The number of benzene rings is 2. The number of ether oxygens (including phenoxy) is 5. The van der Waals surface area contributed by atoms with Crippen LogP contribution < -0.4 is 4.74 Å². The van der Waals surface area contributed by atoms with Crippen molar-refractivity contribution in [2.24, 2.45) is 0 Å². The Kier molecular flexibility index (Phi) is 11.2. The van der Waals surface area contributed by atoms with Crippen molar-refractivity contribution >= 4 is 5.91 Å². The van der Waals surface area contributed by atoms with Crippen LogP contribution in [0.15, 0.2) is 42.5 Å². The van der Waals surface area contributed by atoms with E-state index in [0.717, 1.165) is 23.3 Å². The van der Waals surface area contributed by atoms with Gasteiger partial charge < -0.3 is 28.6 Å². The number of para-hydroxylation sites is 1. The predicted octanol–water partition coefficient (Wildman–Crippen LogP) is 4.27. The number of carbonyl (C=O) groups is 1. The molecule has 2 unspecified atom stereocenters. The number of hydrogen-bond donors (Lipinski definition) is 0. The van der Waals surface area contributed by atoms with Crippen molar-refractivity contribution in [3.05, 3.63) is 65.2 Å². The summed E-state index contributed by atoms with van der Waals surface area (Å²) < 4.78 is 28.9. The largest absolute Gasteiger partial charge is 0.493 e. The first kappa shape index (κ1) is 28.1. The van der Waals surface area contributed by atoms with Crippen molar-refractivity contribution < 1.29 is 28.5 Å². The molecule has 2 aromatic carbocycles. The highest BCUT2D eigenvalue weighted by molar-refractivity contribution is 5.95. The lowest BCUT2D eigenvalue weighted by Crippen LogP contribution is -2.41. The second kappa shape index (κ2) is 14.3. The van der Waals surface area contributed by atoms with Crippen molar-refractivity contribution in [3.8, 4) is 5.75 Å². The Balaban J connectivity index is 1.80. The average Bonchev–Trinajstić information content (AvgIpc) is 2.93. The van der Waals surface area contributed by atoms with E-state index in [1.807, 2.05) is 42.2 Å². The van der Waals surface area contributed by atoms with E-state index in [1.165, 1.54) is 0 Å². The third-order valence-corrected chi connectivity index (χ3v) is 6.91. The van der Waals surface area contributed by atoms with Crippen LogP contribution in [0.5, 0.6) is 5.75 Å². The second-order valence-corrected chi connectivity index (χ2v) is 8.96. The molecule has 36 heavy (non-hydrogen) atoms. The standard InChI is InChI=1S/C29H40NO6/c1-5-36-27-13-9-8-12-26(27)29(34-4,16-19-32-2)15-14-24(33-3)22-23-10-6-7-11-25(23)28(31)30-17-20-35-21-18-30/h6,8-13,24H,5,14-22H2,1-4H3. The molecule has 1 fully saturated rings. The molecule has 0 saturated carbocycles. The van der Waals surface area contributed by atoms with Crippen molar-refractivity contribution in [3.63, 3.8) is 0 Å². The summed E-state index contributed by atoms with van der Waals surface area (Å²) in [7, 11) is 5.17. The Hall–Kier alpha value is -2.45. The maximum Gasteiger partial charge on any atom is 0.254 e. The van der Waals surface area contributed by atoms with Crippen molar-refractivity contribution in [1.29, 1.82) is 0 Å². The van der Waals surface area contributed by atoms with Crippen LogP contribution in [-0.4, -0.2) is 77.8 Å². The molecule has 0 bridgehead atoms. The summed E-state index contributed by atoms with van der Waals surface area (Å²) in [5.41, 5.74) is 2.07. The van der Waals surface area contributed by atoms with E-state index in [4.69, 9.17) is 23.7 Å². The number of rotatable bonds is 14. The zero-order valence-electron chi connectivity index (χ0n) is 22.1. The first-order valence-corrected chi connectivity index (χ1v) is 12.7. The Morgan fingerprint density at radius 1 is 1.14 bits per heavy atom. The molecule has 7 heteroatoms. The van der Waals surface area contributed by atoms with Crippen LogP contribution in [-0.2, 0) is 31.0 Å². The van der Waals surface area contributed by atoms with Gasteiger partial charge in [-0.25, -0.2) is 0 Å². The second-order valence-electron chi connectivity index (χ2n) is 8.96. The molecule has 1 radical (unpaired) electrons.